The lowest BCUT2D eigenvalue weighted by atomic mass is 10.0. The Kier molecular flexibility index (Phi) is 16.6. The van der Waals surface area contributed by atoms with E-state index in [1.807, 2.05) is 13.8 Å². The van der Waals surface area contributed by atoms with Crippen LogP contribution in [0.3, 0.4) is 0 Å². The van der Waals surface area contributed by atoms with Crippen LogP contribution in [0.15, 0.2) is 0 Å². The molecule has 254 valence electrons. The molecule has 1 unspecified atom stereocenters. The minimum Gasteiger partial charge on any atom is -0.481 e. The first-order chi connectivity index (χ1) is 21.1. The van der Waals surface area contributed by atoms with Crippen molar-refractivity contribution < 1.29 is 48.2 Å². The first kappa shape index (κ1) is 38.8. The Morgan fingerprint density at radius 1 is 0.956 bits per heavy atom. The molecule has 4 atom stereocenters. The molecule has 1 heterocycles. The number of nitrogens with zero attached hydrogens (tertiary/aromatic N) is 1. The van der Waals surface area contributed by atoms with E-state index in [1.165, 1.54) is 4.90 Å². The average molecular weight is 641 g/mol. The zero-order chi connectivity index (χ0) is 34.3. The summed E-state index contributed by atoms with van der Waals surface area (Å²) in [5, 5.41) is 18.3. The molecule has 1 fully saturated rings. The standard InChI is InChI=1S/C29H48N6O10/c1-6-9-18(24(39)27(42)31-14-21(36)32-19(25(30)40)10-7-12-22(37)38)33-26(41)20-11-8-13-35(20)28(43)23(17(4)5)34-29(44)45-15-16(2)3/h16-20,23H,6-15H2,1-5H3,(H2,30,40)(H,31,42)(H,32,36)(H,33,41)(H,34,44)(H,37,38)/t18?,19-,20-,23-/m0/s1. The summed E-state index contributed by atoms with van der Waals surface area (Å²) in [6.07, 6.45) is 0.432. The molecule has 6 amide bonds. The molecule has 1 aliphatic rings. The molecule has 1 aliphatic heterocycles. The summed E-state index contributed by atoms with van der Waals surface area (Å²) in [5.74, 6) is -6.25. The summed E-state index contributed by atoms with van der Waals surface area (Å²) >= 11 is 0. The van der Waals surface area contributed by atoms with Crippen LogP contribution in [-0.2, 0) is 38.3 Å². The molecule has 0 saturated carbocycles. The highest BCUT2D eigenvalue weighted by atomic mass is 16.5. The summed E-state index contributed by atoms with van der Waals surface area (Å²) in [6, 6.07) is -4.28. The lowest BCUT2D eigenvalue weighted by molar-refractivity contribution is -0.143. The average Bonchev–Trinajstić information content (AvgIpc) is 3.46. The van der Waals surface area contributed by atoms with Gasteiger partial charge in [-0.3, -0.25) is 33.6 Å². The van der Waals surface area contributed by atoms with Crippen molar-refractivity contribution in [1.82, 2.24) is 26.2 Å². The number of likely N-dealkylation sites (tertiary alicyclic amines) is 1. The molecule has 0 radical (unpaired) electrons. The van der Waals surface area contributed by atoms with Gasteiger partial charge in [-0.25, -0.2) is 4.79 Å². The number of nitrogens with two attached hydrogens (primary N) is 1. The quantitative estimate of drug-likeness (QED) is 0.0996. The summed E-state index contributed by atoms with van der Waals surface area (Å²) in [7, 11) is 0. The molecule has 0 spiro atoms. The summed E-state index contributed by atoms with van der Waals surface area (Å²) in [4.78, 5) is 100. The predicted molar refractivity (Wildman–Crippen MR) is 160 cm³/mol. The fourth-order valence-electron chi connectivity index (χ4n) is 4.63. The Labute approximate surface area is 262 Å². The van der Waals surface area contributed by atoms with Gasteiger partial charge in [-0.05, 0) is 43.9 Å². The number of carboxylic acid groups (broad SMARTS) is 1. The Balaban J connectivity index is 2.83. The zero-order valence-corrected chi connectivity index (χ0v) is 26.7. The van der Waals surface area contributed by atoms with Crippen molar-refractivity contribution in [1.29, 1.82) is 0 Å². The van der Waals surface area contributed by atoms with Crippen LogP contribution in [-0.4, -0.2) is 101 Å². The van der Waals surface area contributed by atoms with E-state index in [1.54, 1.807) is 20.8 Å². The van der Waals surface area contributed by atoms with Crippen LogP contribution in [0, 0.1) is 11.8 Å². The molecule has 16 nitrogen and oxygen atoms in total. The van der Waals surface area contributed by atoms with Crippen LogP contribution in [0.4, 0.5) is 4.79 Å². The maximum atomic E-state index is 13.4. The van der Waals surface area contributed by atoms with Crippen molar-refractivity contribution >= 4 is 47.4 Å². The van der Waals surface area contributed by atoms with Crippen molar-refractivity contribution in [2.45, 2.75) is 104 Å². The van der Waals surface area contributed by atoms with Gasteiger partial charge in [0, 0.05) is 13.0 Å². The molecule has 0 aromatic carbocycles. The number of hydrogen-bond donors (Lipinski definition) is 6. The van der Waals surface area contributed by atoms with Crippen molar-refractivity contribution in [2.75, 3.05) is 19.7 Å². The van der Waals surface area contributed by atoms with Crippen molar-refractivity contribution in [3.05, 3.63) is 0 Å². The number of rotatable bonds is 19. The third-order valence-corrected chi connectivity index (χ3v) is 7.00. The van der Waals surface area contributed by atoms with Gasteiger partial charge in [-0.15, -0.1) is 0 Å². The molecule has 1 rings (SSSR count). The van der Waals surface area contributed by atoms with E-state index in [-0.39, 0.29) is 50.7 Å². The number of Topliss-reactive ketones (excluding diaryl/α,β-unsaturated/α-hetero) is 1. The maximum absolute atomic E-state index is 13.4. The van der Waals surface area contributed by atoms with Gasteiger partial charge in [-0.2, -0.15) is 0 Å². The monoisotopic (exact) mass is 640 g/mol. The van der Waals surface area contributed by atoms with E-state index in [4.69, 9.17) is 15.6 Å². The SMILES string of the molecule is CCCC(NC(=O)[C@@H]1CCCN1C(=O)[C@@H](NC(=O)OCC(C)C)C(C)C)C(=O)C(=O)NCC(=O)N[C@@H](CCCC(=O)O)C(N)=O. The Morgan fingerprint density at radius 3 is 2.18 bits per heavy atom. The van der Waals surface area contributed by atoms with E-state index in [0.29, 0.717) is 19.3 Å². The summed E-state index contributed by atoms with van der Waals surface area (Å²) in [6.45, 7) is 8.75. The van der Waals surface area contributed by atoms with Gasteiger partial charge in [-0.1, -0.05) is 41.0 Å². The second-order valence-corrected chi connectivity index (χ2v) is 11.8. The Morgan fingerprint density at radius 2 is 1.62 bits per heavy atom. The number of ether oxygens (including phenoxy) is 1. The lowest BCUT2D eigenvalue weighted by Gasteiger charge is -2.31. The van der Waals surface area contributed by atoms with E-state index < -0.39 is 78.1 Å². The number of hydrogen-bond acceptors (Lipinski definition) is 9. The molecular weight excluding hydrogens is 592 g/mol. The number of primary amides is 1. The lowest BCUT2D eigenvalue weighted by Crippen LogP contribution is -2.57. The minimum absolute atomic E-state index is 0.0261. The fourth-order valence-corrected chi connectivity index (χ4v) is 4.63. The minimum atomic E-state index is -1.23. The number of nitrogens with one attached hydrogen (secondary N) is 4. The smallest absolute Gasteiger partial charge is 0.407 e. The predicted octanol–water partition coefficient (Wildman–Crippen LogP) is -0.421. The molecule has 16 heteroatoms. The molecule has 0 aliphatic carbocycles. The normalized spacial score (nSPS) is 16.3. The van der Waals surface area contributed by atoms with Crippen molar-refractivity contribution in [3.63, 3.8) is 0 Å². The molecule has 7 N–H and O–H groups in total. The van der Waals surface area contributed by atoms with E-state index in [2.05, 4.69) is 21.3 Å². The summed E-state index contributed by atoms with van der Waals surface area (Å²) in [5.41, 5.74) is 5.25. The Bertz CT molecular complexity index is 1100. The third-order valence-electron chi connectivity index (χ3n) is 7.00. The Hall–Kier alpha value is -4.24. The number of ketones is 1. The highest BCUT2D eigenvalue weighted by Crippen LogP contribution is 2.21. The third kappa shape index (κ3) is 13.5. The number of aliphatic carboxylic acids is 1. The van der Waals surface area contributed by atoms with Crippen molar-refractivity contribution in [2.24, 2.45) is 17.6 Å². The highest BCUT2D eigenvalue weighted by molar-refractivity contribution is 6.38. The van der Waals surface area contributed by atoms with E-state index in [0.717, 1.165) is 0 Å². The zero-order valence-electron chi connectivity index (χ0n) is 26.7. The molecule has 1 saturated heterocycles. The van der Waals surface area contributed by atoms with Crippen LogP contribution >= 0.6 is 0 Å². The number of carbonyl (C=O) groups is 8. The fraction of sp³-hybridized carbons (Fsp3) is 0.724. The van der Waals surface area contributed by atoms with Crippen LogP contribution in [0.1, 0.15) is 79.6 Å². The van der Waals surface area contributed by atoms with E-state index in [9.17, 15) is 38.4 Å². The van der Waals surface area contributed by atoms with Gasteiger partial charge < -0.3 is 41.7 Å². The van der Waals surface area contributed by atoms with Crippen molar-refractivity contribution in [3.8, 4) is 0 Å². The van der Waals surface area contributed by atoms with E-state index >= 15 is 0 Å². The van der Waals surface area contributed by atoms with Gasteiger partial charge in [0.2, 0.25) is 29.4 Å². The molecule has 45 heavy (non-hydrogen) atoms. The maximum Gasteiger partial charge on any atom is 0.407 e. The van der Waals surface area contributed by atoms with Crippen LogP contribution in [0.2, 0.25) is 0 Å². The van der Waals surface area contributed by atoms with Gasteiger partial charge in [0.05, 0.1) is 19.2 Å². The first-order valence-electron chi connectivity index (χ1n) is 15.3. The van der Waals surface area contributed by atoms with Gasteiger partial charge in [0.1, 0.15) is 18.1 Å². The number of carboxylic acids is 1. The second-order valence-electron chi connectivity index (χ2n) is 11.8. The number of carbonyl (C=O) groups excluding carboxylic acids is 7. The number of alkyl carbamates (subject to hydrolysis) is 1. The van der Waals surface area contributed by atoms with Crippen LogP contribution < -0.4 is 27.0 Å². The molecule has 0 aromatic heterocycles. The molecular formula is C29H48N6O10. The van der Waals surface area contributed by atoms with Gasteiger partial charge >= 0.3 is 12.1 Å². The number of amides is 6. The molecule has 0 aromatic rings. The topological polar surface area (TPSA) is 243 Å². The van der Waals surface area contributed by atoms with Gasteiger partial charge in [0.25, 0.3) is 5.91 Å². The summed E-state index contributed by atoms with van der Waals surface area (Å²) < 4.78 is 5.15. The largest absolute Gasteiger partial charge is 0.481 e. The van der Waals surface area contributed by atoms with Gasteiger partial charge in [0.15, 0.2) is 0 Å². The second kappa shape index (κ2) is 19.2. The molecule has 0 bridgehead atoms. The first-order valence-corrected chi connectivity index (χ1v) is 15.3. The van der Waals surface area contributed by atoms with Crippen LogP contribution in [0.25, 0.3) is 0 Å². The highest BCUT2D eigenvalue weighted by Gasteiger charge is 2.40. The van der Waals surface area contributed by atoms with Crippen LogP contribution in [0.5, 0.6) is 0 Å².